The first-order valence-corrected chi connectivity index (χ1v) is 9.94. The lowest BCUT2D eigenvalue weighted by atomic mass is 9.49. The minimum atomic E-state index is -0.165. The van der Waals surface area contributed by atoms with Gasteiger partial charge in [-0.1, -0.05) is 19.9 Å². The van der Waals surface area contributed by atoms with E-state index >= 15 is 0 Å². The van der Waals surface area contributed by atoms with Crippen LogP contribution in [0, 0.1) is 17.3 Å². The molecule has 26 heavy (non-hydrogen) atoms. The molecule has 0 aliphatic heterocycles. The van der Waals surface area contributed by atoms with E-state index in [1.807, 2.05) is 12.1 Å². The van der Waals surface area contributed by atoms with Crippen LogP contribution in [0.15, 0.2) is 39.1 Å². The van der Waals surface area contributed by atoms with Gasteiger partial charge in [0.15, 0.2) is 0 Å². The van der Waals surface area contributed by atoms with Crippen LogP contribution in [0.3, 0.4) is 0 Å². The molecule has 2 bridgehead atoms. The Morgan fingerprint density at radius 2 is 2.00 bits per heavy atom. The zero-order chi connectivity index (χ0) is 17.9. The van der Waals surface area contributed by atoms with Gasteiger partial charge in [0.1, 0.15) is 17.9 Å². The number of fused-ring (bicyclic) bond motifs is 4. The smallest absolute Gasteiger partial charge is 0.339 e. The summed E-state index contributed by atoms with van der Waals surface area (Å²) in [5.74, 6) is 2.29. The molecule has 136 valence electrons. The Morgan fingerprint density at radius 1 is 1.19 bits per heavy atom. The highest BCUT2D eigenvalue weighted by molar-refractivity contribution is 5.82. The molecular weight excluding hydrogens is 324 g/mol. The van der Waals surface area contributed by atoms with Gasteiger partial charge in [-0.2, -0.15) is 0 Å². The Balaban J connectivity index is 1.40. The zero-order valence-electron chi connectivity index (χ0n) is 15.6. The van der Waals surface area contributed by atoms with Crippen molar-refractivity contribution in [1.29, 1.82) is 0 Å². The molecule has 6 rings (SSSR count). The Bertz CT molecular complexity index is 963. The molecule has 1 fully saturated rings. The molecule has 1 aromatic carbocycles. The van der Waals surface area contributed by atoms with Crippen LogP contribution < -0.4 is 10.4 Å². The van der Waals surface area contributed by atoms with Crippen molar-refractivity contribution >= 4 is 11.0 Å². The van der Waals surface area contributed by atoms with E-state index in [-0.39, 0.29) is 5.63 Å². The average Bonchev–Trinajstić information content (AvgIpc) is 2.66. The van der Waals surface area contributed by atoms with Crippen molar-refractivity contribution in [1.82, 2.24) is 0 Å². The number of benzene rings is 1. The van der Waals surface area contributed by atoms with E-state index in [0.29, 0.717) is 23.5 Å². The minimum absolute atomic E-state index is 0.165. The summed E-state index contributed by atoms with van der Waals surface area (Å²) >= 11 is 0. The molecule has 1 saturated carbocycles. The lowest BCUT2D eigenvalue weighted by molar-refractivity contribution is -0.0115. The predicted octanol–water partition coefficient (Wildman–Crippen LogP) is 5.04. The van der Waals surface area contributed by atoms with Gasteiger partial charge in [-0.25, -0.2) is 4.79 Å². The molecule has 3 nitrogen and oxygen atoms in total. The summed E-state index contributed by atoms with van der Waals surface area (Å²) in [5, 5.41) is 1.08. The van der Waals surface area contributed by atoms with Crippen LogP contribution in [-0.4, -0.2) is 6.61 Å². The normalized spacial score (nSPS) is 26.0. The molecule has 1 heterocycles. The van der Waals surface area contributed by atoms with Crippen LogP contribution in [0.1, 0.15) is 50.7 Å². The number of ether oxygens (including phenoxy) is 1. The standard InChI is InChI=1S/C23H26O3/c1-23(2)15-8-7-14(20(23)11-15)13-25-16-9-10-18-17-5-3-4-6-19(17)22(24)26-21(18)12-16/h7,9-10,12,15,20H,3-6,8,11,13H2,1-2H3/t15-,20-/m0/s1. The van der Waals surface area contributed by atoms with Crippen LogP contribution in [-0.2, 0) is 12.8 Å². The Labute approximate surface area is 154 Å². The van der Waals surface area contributed by atoms with Crippen LogP contribution in [0.4, 0.5) is 0 Å². The maximum absolute atomic E-state index is 12.3. The second-order valence-corrected chi connectivity index (χ2v) is 8.82. The molecule has 3 heteroatoms. The largest absolute Gasteiger partial charge is 0.489 e. The summed E-state index contributed by atoms with van der Waals surface area (Å²) in [5.41, 5.74) is 4.42. The van der Waals surface area contributed by atoms with Crippen LogP contribution >= 0.6 is 0 Å². The first kappa shape index (κ1) is 16.2. The van der Waals surface area contributed by atoms with Crippen LogP contribution in [0.2, 0.25) is 0 Å². The van der Waals surface area contributed by atoms with E-state index < -0.39 is 0 Å². The fourth-order valence-electron chi connectivity index (χ4n) is 5.32. The summed E-state index contributed by atoms with van der Waals surface area (Å²) in [6.45, 7) is 5.40. The summed E-state index contributed by atoms with van der Waals surface area (Å²) in [6.07, 6.45) is 8.91. The highest BCUT2D eigenvalue weighted by Crippen LogP contribution is 2.59. The molecule has 0 amide bonds. The lowest BCUT2D eigenvalue weighted by Gasteiger charge is -2.56. The highest BCUT2D eigenvalue weighted by Gasteiger charge is 2.51. The van der Waals surface area contributed by atoms with Gasteiger partial charge in [0, 0.05) is 17.0 Å². The maximum Gasteiger partial charge on any atom is 0.339 e. The number of aryl methyl sites for hydroxylation is 1. The second-order valence-electron chi connectivity index (χ2n) is 8.82. The van der Waals surface area contributed by atoms with E-state index in [0.717, 1.165) is 48.3 Å². The van der Waals surface area contributed by atoms with E-state index in [9.17, 15) is 4.79 Å². The Kier molecular flexibility index (Phi) is 3.57. The molecule has 0 spiro atoms. The molecule has 2 aromatic rings. The molecule has 2 atom stereocenters. The molecule has 4 aliphatic carbocycles. The van der Waals surface area contributed by atoms with Gasteiger partial charge in [-0.3, -0.25) is 0 Å². The predicted molar refractivity (Wildman–Crippen MR) is 103 cm³/mol. The number of hydrogen-bond donors (Lipinski definition) is 0. The molecule has 0 saturated heterocycles. The molecular formula is C23H26O3. The monoisotopic (exact) mass is 350 g/mol. The average molecular weight is 350 g/mol. The number of allylic oxidation sites excluding steroid dienone is 1. The van der Waals surface area contributed by atoms with E-state index in [1.165, 1.54) is 24.0 Å². The van der Waals surface area contributed by atoms with Gasteiger partial charge in [0.05, 0.1) is 0 Å². The first-order valence-electron chi connectivity index (χ1n) is 9.94. The van der Waals surface area contributed by atoms with Gasteiger partial charge >= 0.3 is 5.63 Å². The molecule has 0 unspecified atom stereocenters. The summed E-state index contributed by atoms with van der Waals surface area (Å²) in [6, 6.07) is 5.98. The van der Waals surface area contributed by atoms with E-state index in [2.05, 4.69) is 26.0 Å². The van der Waals surface area contributed by atoms with Gasteiger partial charge in [0.25, 0.3) is 0 Å². The number of rotatable bonds is 3. The highest BCUT2D eigenvalue weighted by atomic mass is 16.5. The van der Waals surface area contributed by atoms with Crippen molar-refractivity contribution in [2.45, 2.75) is 52.4 Å². The minimum Gasteiger partial charge on any atom is -0.489 e. The second kappa shape index (κ2) is 5.73. The molecule has 4 aliphatic rings. The number of hydrogen-bond acceptors (Lipinski definition) is 3. The fraction of sp³-hybridized carbons (Fsp3) is 0.522. The third kappa shape index (κ3) is 2.36. The van der Waals surface area contributed by atoms with Crippen LogP contribution in [0.5, 0.6) is 5.75 Å². The van der Waals surface area contributed by atoms with Crippen molar-refractivity contribution in [2.24, 2.45) is 17.3 Å². The Morgan fingerprint density at radius 3 is 2.77 bits per heavy atom. The molecule has 0 radical (unpaired) electrons. The topological polar surface area (TPSA) is 39.4 Å². The summed E-state index contributed by atoms with van der Waals surface area (Å²) < 4.78 is 11.7. The van der Waals surface area contributed by atoms with Crippen molar-refractivity contribution in [3.8, 4) is 5.75 Å². The molecule has 0 N–H and O–H groups in total. The van der Waals surface area contributed by atoms with Gasteiger partial charge in [0.2, 0.25) is 0 Å². The fourth-order valence-corrected chi connectivity index (χ4v) is 5.32. The van der Waals surface area contributed by atoms with E-state index in [4.69, 9.17) is 9.15 Å². The van der Waals surface area contributed by atoms with Crippen molar-refractivity contribution in [3.63, 3.8) is 0 Å². The first-order chi connectivity index (χ1) is 12.5. The summed E-state index contributed by atoms with van der Waals surface area (Å²) in [4.78, 5) is 12.3. The third-order valence-corrected chi connectivity index (χ3v) is 7.18. The summed E-state index contributed by atoms with van der Waals surface area (Å²) in [7, 11) is 0. The third-order valence-electron chi connectivity index (χ3n) is 7.18. The van der Waals surface area contributed by atoms with Crippen molar-refractivity contribution in [3.05, 3.63) is 51.4 Å². The van der Waals surface area contributed by atoms with Crippen molar-refractivity contribution < 1.29 is 9.15 Å². The quantitative estimate of drug-likeness (QED) is 0.575. The lowest BCUT2D eigenvalue weighted by Crippen LogP contribution is -2.48. The van der Waals surface area contributed by atoms with Gasteiger partial charge < -0.3 is 9.15 Å². The zero-order valence-corrected chi connectivity index (χ0v) is 15.6. The Hall–Kier alpha value is -2.03. The van der Waals surface area contributed by atoms with Crippen LogP contribution in [0.25, 0.3) is 11.0 Å². The SMILES string of the molecule is CC1(C)[C@H]2CC=C(COc3ccc4c5c(c(=O)oc4c3)CCCC5)[C@@H]1C2. The van der Waals surface area contributed by atoms with Crippen molar-refractivity contribution in [2.75, 3.05) is 6.61 Å². The maximum atomic E-state index is 12.3. The van der Waals surface area contributed by atoms with Gasteiger partial charge in [-0.05, 0) is 79.0 Å². The van der Waals surface area contributed by atoms with Gasteiger partial charge in [-0.15, -0.1) is 0 Å². The molecule has 1 aromatic heterocycles. The van der Waals surface area contributed by atoms with E-state index in [1.54, 1.807) is 0 Å².